The maximum atomic E-state index is 14.2. The van der Waals surface area contributed by atoms with E-state index < -0.39 is 29.0 Å². The highest BCUT2D eigenvalue weighted by Crippen LogP contribution is 2.61. The molecule has 43 heavy (non-hydrogen) atoms. The van der Waals surface area contributed by atoms with Gasteiger partial charge in [0.2, 0.25) is 11.7 Å². The van der Waals surface area contributed by atoms with E-state index in [-0.39, 0.29) is 24.7 Å². The van der Waals surface area contributed by atoms with Crippen LogP contribution in [-0.2, 0) is 16.0 Å². The van der Waals surface area contributed by atoms with E-state index in [9.17, 15) is 18.4 Å². The zero-order valence-corrected chi connectivity index (χ0v) is 25.7. The van der Waals surface area contributed by atoms with E-state index in [1.807, 2.05) is 39.8 Å². The molecule has 1 spiro atoms. The number of likely N-dealkylation sites (tertiary alicyclic amines) is 1. The number of aromatic nitrogens is 3. The Kier molecular flexibility index (Phi) is 7.87. The monoisotopic (exact) mass is 599 g/mol. The van der Waals surface area contributed by atoms with Crippen LogP contribution in [0.3, 0.4) is 0 Å². The van der Waals surface area contributed by atoms with Crippen LogP contribution in [0.2, 0.25) is 0 Å². The number of esters is 1. The van der Waals surface area contributed by atoms with Gasteiger partial charge in [-0.15, -0.1) is 0 Å². The van der Waals surface area contributed by atoms with Crippen LogP contribution in [-0.4, -0.2) is 70.8 Å². The number of nitrogens with zero attached hydrogens (tertiary/aromatic N) is 4. The fraction of sp³-hybridized carbons (Fsp3) is 0.548. The predicted molar refractivity (Wildman–Crippen MR) is 157 cm³/mol. The fourth-order valence-electron chi connectivity index (χ4n) is 6.64. The van der Waals surface area contributed by atoms with Gasteiger partial charge >= 0.3 is 12.1 Å². The van der Waals surface area contributed by atoms with E-state index in [2.05, 4.69) is 20.2 Å². The summed E-state index contributed by atoms with van der Waals surface area (Å²) in [4.78, 5) is 36.1. The van der Waals surface area contributed by atoms with Gasteiger partial charge in [-0.1, -0.05) is 0 Å². The number of aryl methyl sites for hydroxylation is 1. The van der Waals surface area contributed by atoms with Gasteiger partial charge in [-0.25, -0.2) is 28.3 Å². The standard InChI is InChI=1S/C31H39F2N5O5/c1-18-12-23(41-6)21(19-8-10-38(24(18)19)28(40)43-29(2,3)4)15-37-11-9-30(16-31(32,33)17-30)13-22(37)20-14-35-26(27(39)42-7)36-25(20)34-5/h8,10,12,14,22H,9,11,13,15-17H2,1-7H3,(H,34,35,36)/t22-/m1/s1. The maximum Gasteiger partial charge on any atom is 0.419 e. The predicted octanol–water partition coefficient (Wildman–Crippen LogP) is 6.11. The number of halogens is 2. The summed E-state index contributed by atoms with van der Waals surface area (Å²) >= 11 is 0. The highest BCUT2D eigenvalue weighted by Gasteiger charge is 2.58. The van der Waals surface area contributed by atoms with Crippen LogP contribution in [0.25, 0.3) is 10.9 Å². The molecule has 1 aliphatic carbocycles. The fourth-order valence-corrected chi connectivity index (χ4v) is 6.64. The van der Waals surface area contributed by atoms with Crippen molar-refractivity contribution in [2.24, 2.45) is 5.41 Å². The lowest BCUT2D eigenvalue weighted by Crippen LogP contribution is -2.53. The van der Waals surface area contributed by atoms with Crippen molar-refractivity contribution in [3.8, 4) is 5.75 Å². The molecule has 12 heteroatoms. The summed E-state index contributed by atoms with van der Waals surface area (Å²) in [7, 11) is 4.56. The normalized spacial score (nSPS) is 19.6. The molecule has 0 radical (unpaired) electrons. The van der Waals surface area contributed by atoms with Gasteiger partial charge in [-0.05, 0) is 70.2 Å². The van der Waals surface area contributed by atoms with Crippen LogP contribution < -0.4 is 10.1 Å². The first-order valence-corrected chi connectivity index (χ1v) is 14.4. The molecule has 0 amide bonds. The molecule has 10 nitrogen and oxygen atoms in total. The lowest BCUT2D eigenvalue weighted by Gasteiger charge is -2.54. The zero-order chi connectivity index (χ0) is 31.3. The number of hydrogen-bond donors (Lipinski definition) is 1. The van der Waals surface area contributed by atoms with Crippen molar-refractivity contribution in [2.75, 3.05) is 33.1 Å². The Morgan fingerprint density at radius 2 is 1.93 bits per heavy atom. The Morgan fingerprint density at radius 1 is 1.21 bits per heavy atom. The van der Waals surface area contributed by atoms with E-state index in [0.29, 0.717) is 43.1 Å². The highest BCUT2D eigenvalue weighted by molar-refractivity contribution is 5.95. The van der Waals surface area contributed by atoms with Crippen molar-refractivity contribution in [1.82, 2.24) is 19.4 Å². The Labute approximate surface area is 249 Å². The maximum absolute atomic E-state index is 14.2. The van der Waals surface area contributed by atoms with E-state index in [4.69, 9.17) is 14.2 Å². The molecular formula is C31H39F2N5O5. The van der Waals surface area contributed by atoms with Crippen molar-refractivity contribution < 1.29 is 32.6 Å². The molecule has 1 saturated carbocycles. The molecular weight excluding hydrogens is 560 g/mol. The van der Waals surface area contributed by atoms with Crippen molar-refractivity contribution in [2.45, 2.75) is 77.5 Å². The number of rotatable bonds is 6. The third kappa shape index (κ3) is 5.89. The minimum absolute atomic E-state index is 0.0896. The van der Waals surface area contributed by atoms with Crippen molar-refractivity contribution >= 4 is 28.8 Å². The minimum atomic E-state index is -2.67. The largest absolute Gasteiger partial charge is 0.496 e. The third-order valence-electron chi connectivity index (χ3n) is 8.45. The average Bonchev–Trinajstić information content (AvgIpc) is 3.39. The minimum Gasteiger partial charge on any atom is -0.496 e. The molecule has 1 aliphatic heterocycles. The van der Waals surface area contributed by atoms with Gasteiger partial charge in [0, 0.05) is 61.4 Å². The Hall–Kier alpha value is -3.80. The second-order valence-electron chi connectivity index (χ2n) is 12.7. The summed E-state index contributed by atoms with van der Waals surface area (Å²) in [6.45, 7) is 8.34. The third-order valence-corrected chi connectivity index (χ3v) is 8.45. The number of piperidine rings is 1. The summed E-state index contributed by atoms with van der Waals surface area (Å²) in [5.74, 6) is -2.33. The molecule has 3 aromatic rings. The van der Waals surface area contributed by atoms with Crippen LogP contribution in [0.1, 0.15) is 79.8 Å². The van der Waals surface area contributed by atoms with Gasteiger partial charge in [0.15, 0.2) is 0 Å². The zero-order valence-electron chi connectivity index (χ0n) is 25.7. The van der Waals surface area contributed by atoms with Crippen LogP contribution in [0.15, 0.2) is 24.5 Å². The molecule has 2 aromatic heterocycles. The number of hydrogen-bond acceptors (Lipinski definition) is 9. The molecule has 2 fully saturated rings. The first-order valence-electron chi connectivity index (χ1n) is 14.4. The van der Waals surface area contributed by atoms with Crippen LogP contribution >= 0.6 is 0 Å². The summed E-state index contributed by atoms with van der Waals surface area (Å²) in [5, 5.41) is 3.89. The van der Waals surface area contributed by atoms with Crippen molar-refractivity contribution in [1.29, 1.82) is 0 Å². The van der Waals surface area contributed by atoms with Crippen LogP contribution in [0.5, 0.6) is 5.75 Å². The van der Waals surface area contributed by atoms with Crippen molar-refractivity contribution in [3.63, 3.8) is 0 Å². The molecule has 1 aromatic carbocycles. The summed E-state index contributed by atoms with van der Waals surface area (Å²) < 4.78 is 46.2. The van der Waals surface area contributed by atoms with Gasteiger partial charge in [-0.2, -0.15) is 0 Å². The molecule has 3 heterocycles. The SMILES string of the molecule is CNc1nc(C(=O)OC)ncc1[C@H]1CC2(CCN1Cc1c(OC)cc(C)c3c1ccn3C(=O)OC(C)(C)C)CC(F)(F)C2. The van der Waals surface area contributed by atoms with Gasteiger partial charge in [0.1, 0.15) is 17.2 Å². The molecule has 5 rings (SSSR count). The average molecular weight is 600 g/mol. The van der Waals surface area contributed by atoms with Crippen LogP contribution in [0, 0.1) is 12.3 Å². The molecule has 1 saturated heterocycles. The van der Waals surface area contributed by atoms with Gasteiger partial charge in [0.05, 0.1) is 19.7 Å². The summed E-state index contributed by atoms with van der Waals surface area (Å²) in [6, 6.07) is 3.45. The van der Waals surface area contributed by atoms with E-state index in [1.165, 1.54) is 11.7 Å². The number of fused-ring (bicyclic) bond motifs is 1. The number of carbonyl (C=O) groups excluding carboxylic acids is 2. The Morgan fingerprint density at radius 3 is 2.53 bits per heavy atom. The molecule has 2 aliphatic rings. The topological polar surface area (TPSA) is 108 Å². The first-order chi connectivity index (χ1) is 20.2. The van der Waals surface area contributed by atoms with E-state index in [0.717, 1.165) is 22.0 Å². The Balaban J connectivity index is 1.57. The van der Waals surface area contributed by atoms with Gasteiger partial charge in [0.25, 0.3) is 0 Å². The number of ether oxygens (including phenoxy) is 3. The van der Waals surface area contributed by atoms with E-state index >= 15 is 0 Å². The Bertz CT molecular complexity index is 1560. The molecule has 0 bridgehead atoms. The van der Waals surface area contributed by atoms with Gasteiger partial charge in [-0.3, -0.25) is 9.47 Å². The highest BCUT2D eigenvalue weighted by atomic mass is 19.3. The summed E-state index contributed by atoms with van der Waals surface area (Å²) in [5.41, 5.74) is 1.98. The quantitative estimate of drug-likeness (QED) is 0.336. The molecule has 1 N–H and O–H groups in total. The summed E-state index contributed by atoms with van der Waals surface area (Å²) in [6.07, 6.45) is 3.59. The molecule has 1 atom stereocenters. The number of anilines is 1. The number of benzene rings is 1. The number of carbonyl (C=O) groups is 2. The number of methoxy groups -OCH3 is 2. The smallest absolute Gasteiger partial charge is 0.419 e. The molecule has 232 valence electrons. The van der Waals surface area contributed by atoms with Crippen LogP contribution in [0.4, 0.5) is 19.4 Å². The van der Waals surface area contributed by atoms with Crippen molar-refractivity contribution in [3.05, 3.63) is 47.0 Å². The lowest BCUT2D eigenvalue weighted by molar-refractivity contribution is -0.186. The first kappa shape index (κ1) is 30.7. The number of alkyl halides is 2. The second-order valence-corrected chi connectivity index (χ2v) is 12.7. The lowest BCUT2D eigenvalue weighted by atomic mass is 9.59. The van der Waals surface area contributed by atoms with Gasteiger partial charge < -0.3 is 19.5 Å². The van der Waals surface area contributed by atoms with E-state index in [1.54, 1.807) is 26.6 Å². The second kappa shape index (κ2) is 11.0. The molecule has 0 unspecified atom stereocenters. The number of nitrogens with one attached hydrogen (secondary N) is 1.